The normalized spacial score (nSPS) is 16.8. The number of carbonyl (C=O) groups is 5. The van der Waals surface area contributed by atoms with Crippen molar-refractivity contribution in [2.75, 3.05) is 11.9 Å². The van der Waals surface area contributed by atoms with Crippen molar-refractivity contribution in [1.82, 2.24) is 10.2 Å². The fourth-order valence-corrected chi connectivity index (χ4v) is 2.60. The molecule has 1 unspecified atom stereocenters. The number of amides is 5. The molecule has 1 atom stereocenters. The van der Waals surface area contributed by atoms with E-state index in [0.29, 0.717) is 5.56 Å². The fraction of sp³-hybridized carbons (Fsp3) is 0.312. The Morgan fingerprint density at radius 3 is 2.72 bits per heavy atom. The number of hydrogen-bond acceptors (Lipinski definition) is 6. The van der Waals surface area contributed by atoms with E-state index in [2.05, 4.69) is 10.6 Å². The van der Waals surface area contributed by atoms with Crippen LogP contribution in [0.25, 0.3) is 0 Å². The third kappa shape index (κ3) is 3.89. The van der Waals surface area contributed by atoms with Gasteiger partial charge in [-0.05, 0) is 25.0 Å². The van der Waals surface area contributed by atoms with Gasteiger partial charge in [0.05, 0.1) is 17.8 Å². The van der Waals surface area contributed by atoms with Gasteiger partial charge in [-0.25, -0.2) is 0 Å². The van der Waals surface area contributed by atoms with Crippen LogP contribution in [-0.4, -0.2) is 47.5 Å². The standard InChI is InChI=1S/C16H18N4O5/c1-9-3-2-4-10(18-13(23)7-17)14(9)16(25)20(8-21)11-5-6-12(22)19-15(11)24/h2-4,8,11H,5-7,17H2,1H3,(H,18,23)(H,19,22,24). The summed E-state index contributed by atoms with van der Waals surface area (Å²) in [4.78, 5) is 59.9. The van der Waals surface area contributed by atoms with Crippen LogP contribution in [-0.2, 0) is 19.2 Å². The molecule has 0 bridgehead atoms. The maximum Gasteiger partial charge on any atom is 0.263 e. The topological polar surface area (TPSA) is 139 Å². The Labute approximate surface area is 143 Å². The average Bonchev–Trinajstić information content (AvgIpc) is 2.57. The number of nitrogens with zero attached hydrogens (tertiary/aromatic N) is 1. The summed E-state index contributed by atoms with van der Waals surface area (Å²) in [6.45, 7) is 1.37. The van der Waals surface area contributed by atoms with E-state index in [0.717, 1.165) is 4.90 Å². The maximum atomic E-state index is 12.9. The minimum atomic E-state index is -1.08. The van der Waals surface area contributed by atoms with E-state index < -0.39 is 29.7 Å². The lowest BCUT2D eigenvalue weighted by Crippen LogP contribution is -2.54. The molecule has 2 rings (SSSR count). The quantitative estimate of drug-likeness (QED) is 0.476. The van der Waals surface area contributed by atoms with Crippen molar-refractivity contribution in [3.8, 4) is 0 Å². The van der Waals surface area contributed by atoms with Gasteiger partial charge >= 0.3 is 0 Å². The molecule has 0 aliphatic carbocycles. The first-order valence-electron chi connectivity index (χ1n) is 7.60. The van der Waals surface area contributed by atoms with Crippen LogP contribution < -0.4 is 16.4 Å². The molecule has 1 aromatic carbocycles. The van der Waals surface area contributed by atoms with Crippen molar-refractivity contribution >= 4 is 35.7 Å². The third-order valence-electron chi connectivity index (χ3n) is 3.84. The highest BCUT2D eigenvalue weighted by Gasteiger charge is 2.36. The Hall–Kier alpha value is -3.07. The van der Waals surface area contributed by atoms with E-state index in [1.54, 1.807) is 19.1 Å². The number of imide groups is 2. The Kier molecular flexibility index (Phi) is 5.60. The monoisotopic (exact) mass is 346 g/mol. The SMILES string of the molecule is Cc1cccc(NC(=O)CN)c1C(=O)N(C=O)C1CCC(=O)NC1=O. The van der Waals surface area contributed by atoms with E-state index in [9.17, 15) is 24.0 Å². The molecule has 1 aliphatic heterocycles. The van der Waals surface area contributed by atoms with E-state index >= 15 is 0 Å². The number of benzene rings is 1. The summed E-state index contributed by atoms with van der Waals surface area (Å²) in [7, 11) is 0. The zero-order valence-electron chi connectivity index (χ0n) is 13.6. The highest BCUT2D eigenvalue weighted by atomic mass is 16.2. The summed E-state index contributed by atoms with van der Waals surface area (Å²) in [5.41, 5.74) is 6.06. The van der Waals surface area contributed by atoms with Crippen LogP contribution in [0.5, 0.6) is 0 Å². The molecule has 25 heavy (non-hydrogen) atoms. The maximum absolute atomic E-state index is 12.9. The van der Waals surface area contributed by atoms with Gasteiger partial charge in [-0.3, -0.25) is 34.2 Å². The van der Waals surface area contributed by atoms with Crippen molar-refractivity contribution in [1.29, 1.82) is 0 Å². The molecule has 1 fully saturated rings. The first-order valence-corrected chi connectivity index (χ1v) is 7.60. The minimum absolute atomic E-state index is 0.0264. The lowest BCUT2D eigenvalue weighted by atomic mass is 10.0. The molecule has 0 spiro atoms. The number of aryl methyl sites for hydroxylation is 1. The summed E-state index contributed by atoms with van der Waals surface area (Å²) in [6, 6.07) is 3.69. The van der Waals surface area contributed by atoms with E-state index in [1.807, 2.05) is 0 Å². The number of nitrogens with two attached hydrogens (primary N) is 1. The molecule has 0 saturated carbocycles. The van der Waals surface area contributed by atoms with Crippen LogP contribution in [0.3, 0.4) is 0 Å². The van der Waals surface area contributed by atoms with Crippen molar-refractivity contribution in [3.05, 3.63) is 29.3 Å². The van der Waals surface area contributed by atoms with Gasteiger partial charge in [0.25, 0.3) is 5.91 Å². The Morgan fingerprint density at radius 2 is 2.12 bits per heavy atom. The molecule has 1 saturated heterocycles. The van der Waals surface area contributed by atoms with Crippen molar-refractivity contribution in [2.45, 2.75) is 25.8 Å². The van der Waals surface area contributed by atoms with Gasteiger partial charge in [0, 0.05) is 6.42 Å². The molecule has 5 amide bonds. The summed E-state index contributed by atoms with van der Waals surface area (Å²) in [5.74, 6) is -2.41. The lowest BCUT2D eigenvalue weighted by Gasteiger charge is -2.29. The predicted molar refractivity (Wildman–Crippen MR) is 87.3 cm³/mol. The molecule has 0 radical (unpaired) electrons. The van der Waals surface area contributed by atoms with Gasteiger partial charge < -0.3 is 11.1 Å². The van der Waals surface area contributed by atoms with Crippen LogP contribution >= 0.6 is 0 Å². The van der Waals surface area contributed by atoms with Gasteiger partial charge in [-0.15, -0.1) is 0 Å². The van der Waals surface area contributed by atoms with Crippen LogP contribution in [0, 0.1) is 6.92 Å². The van der Waals surface area contributed by atoms with Crippen LogP contribution in [0.2, 0.25) is 0 Å². The molecule has 4 N–H and O–H groups in total. The lowest BCUT2D eigenvalue weighted by molar-refractivity contribution is -0.139. The summed E-state index contributed by atoms with van der Waals surface area (Å²) in [6.07, 6.45) is 0.327. The molecule has 1 aliphatic rings. The number of nitrogens with one attached hydrogen (secondary N) is 2. The van der Waals surface area contributed by atoms with E-state index in [4.69, 9.17) is 5.73 Å². The van der Waals surface area contributed by atoms with E-state index in [1.165, 1.54) is 6.07 Å². The second kappa shape index (κ2) is 7.67. The van der Waals surface area contributed by atoms with Gasteiger partial charge in [-0.1, -0.05) is 12.1 Å². The second-order valence-electron chi connectivity index (χ2n) is 5.53. The number of rotatable bonds is 5. The minimum Gasteiger partial charge on any atom is -0.324 e. The molecule has 132 valence electrons. The third-order valence-corrected chi connectivity index (χ3v) is 3.84. The van der Waals surface area contributed by atoms with Gasteiger partial charge in [0.1, 0.15) is 6.04 Å². The molecular formula is C16H18N4O5. The number of hydrogen-bond donors (Lipinski definition) is 3. The van der Waals surface area contributed by atoms with Crippen LogP contribution in [0.4, 0.5) is 5.69 Å². The van der Waals surface area contributed by atoms with Crippen molar-refractivity contribution in [3.63, 3.8) is 0 Å². The first kappa shape index (κ1) is 18.3. The first-order chi connectivity index (χ1) is 11.9. The Morgan fingerprint density at radius 1 is 1.40 bits per heavy atom. The molecule has 1 aromatic rings. The summed E-state index contributed by atoms with van der Waals surface area (Å²) in [5, 5.41) is 4.60. The number of piperidine rings is 1. The highest BCUT2D eigenvalue weighted by molar-refractivity contribution is 6.11. The predicted octanol–water partition coefficient (Wildman–Crippen LogP) is -0.704. The highest BCUT2D eigenvalue weighted by Crippen LogP contribution is 2.23. The van der Waals surface area contributed by atoms with Crippen molar-refractivity contribution < 1.29 is 24.0 Å². The average molecular weight is 346 g/mol. The van der Waals surface area contributed by atoms with Crippen LogP contribution in [0.1, 0.15) is 28.8 Å². The molecule has 1 heterocycles. The van der Waals surface area contributed by atoms with Gasteiger partial charge in [0.2, 0.25) is 24.1 Å². The van der Waals surface area contributed by atoms with Crippen molar-refractivity contribution in [2.24, 2.45) is 5.73 Å². The zero-order chi connectivity index (χ0) is 18.6. The Bertz CT molecular complexity index is 746. The largest absolute Gasteiger partial charge is 0.324 e. The summed E-state index contributed by atoms with van der Waals surface area (Å²) >= 11 is 0. The van der Waals surface area contributed by atoms with Crippen LogP contribution in [0.15, 0.2) is 18.2 Å². The van der Waals surface area contributed by atoms with E-state index in [-0.39, 0.29) is 37.0 Å². The summed E-state index contributed by atoms with van der Waals surface area (Å²) < 4.78 is 0. The number of anilines is 1. The Balaban J connectivity index is 2.37. The molecular weight excluding hydrogens is 328 g/mol. The zero-order valence-corrected chi connectivity index (χ0v) is 13.6. The second-order valence-corrected chi connectivity index (χ2v) is 5.53. The van der Waals surface area contributed by atoms with Gasteiger partial charge in [-0.2, -0.15) is 0 Å². The molecule has 9 heteroatoms. The number of carbonyl (C=O) groups excluding carboxylic acids is 5. The van der Waals surface area contributed by atoms with Gasteiger partial charge in [0.15, 0.2) is 0 Å². The molecule has 0 aromatic heterocycles. The molecule has 9 nitrogen and oxygen atoms in total. The fourth-order valence-electron chi connectivity index (χ4n) is 2.60. The smallest absolute Gasteiger partial charge is 0.263 e.